The molecule has 0 aliphatic heterocycles. The van der Waals surface area contributed by atoms with Crippen LogP contribution < -0.4 is 27.2 Å². The Balaban J connectivity index is 1.45. The predicted octanol–water partition coefficient (Wildman–Crippen LogP) is 4.25. The fourth-order valence-corrected chi connectivity index (χ4v) is 6.78. The number of hydrogen-bond donors (Lipinski definition) is 9. The number of benzene rings is 4. The molecule has 49 heavy (non-hydrogen) atoms. The molecule has 0 radical (unpaired) electrons. The molecular weight excluding hydrogens is 728 g/mol. The van der Waals surface area contributed by atoms with Crippen molar-refractivity contribution in [2.45, 2.75) is 28.5 Å². The van der Waals surface area contributed by atoms with Crippen molar-refractivity contribution >= 4 is 93.1 Å². The molecule has 18 nitrogen and oxygen atoms in total. The SMILES string of the molecule is Cc1cc(O)c2c(NNc3ccc(Nc4nc(Cl)nc(Nc5ccc(S(=O)(=O)O)cc5S(=O)(=O)O)n4)cc3S(=O)(=O)O)c(N)c(C)cc2c1. The molecule has 4 aromatic carbocycles. The molecule has 0 saturated heterocycles. The van der Waals surface area contributed by atoms with Crippen LogP contribution in [0.2, 0.25) is 5.28 Å². The lowest BCUT2D eigenvalue weighted by Crippen LogP contribution is -2.15. The maximum Gasteiger partial charge on any atom is 0.296 e. The number of halogens is 1. The number of hydrogen-bond acceptors (Lipinski definition) is 15. The summed E-state index contributed by atoms with van der Waals surface area (Å²) in [7, 11) is -14.7. The van der Waals surface area contributed by atoms with Gasteiger partial charge in [-0.15, -0.1) is 0 Å². The summed E-state index contributed by atoms with van der Waals surface area (Å²) in [6, 6.07) is 11.1. The highest BCUT2D eigenvalue weighted by Gasteiger charge is 2.22. The first kappa shape index (κ1) is 35.3. The number of nitrogens with one attached hydrogen (secondary N) is 4. The third-order valence-corrected chi connectivity index (χ3v) is 9.64. The molecule has 0 bridgehead atoms. The number of nitrogens with zero attached hydrogens (tertiary/aromatic N) is 3. The van der Waals surface area contributed by atoms with E-state index in [1.807, 2.05) is 6.07 Å². The maximum absolute atomic E-state index is 12.4. The van der Waals surface area contributed by atoms with Gasteiger partial charge < -0.3 is 21.5 Å². The van der Waals surface area contributed by atoms with E-state index in [2.05, 4.69) is 36.4 Å². The van der Waals surface area contributed by atoms with E-state index in [-0.39, 0.29) is 34.4 Å². The smallest absolute Gasteiger partial charge is 0.296 e. The summed E-state index contributed by atoms with van der Waals surface area (Å²) < 4.78 is 101. The standard InChI is InChI=1S/C27H25ClN8O10S3/c1-12-7-14-9-13(2)23(29)24(22(14)19(37)8-12)36-35-18-5-3-15(10-20(18)48(41,42)43)30-26-32-25(28)33-27(34-26)31-17-6-4-16(47(38,39)40)11-21(17)49(44,45)46/h3-11,35-37H,29H2,1-2H3,(H,38,39,40)(H,41,42,43)(H,44,45,46)(H2,30,31,32,33,34). The minimum absolute atomic E-state index is 0.0103. The molecule has 5 aromatic rings. The third-order valence-electron chi connectivity index (χ3n) is 6.83. The quantitative estimate of drug-likeness (QED) is 0.0547. The summed E-state index contributed by atoms with van der Waals surface area (Å²) in [5.41, 5.74) is 13.3. The molecule has 10 N–H and O–H groups in total. The Labute approximate surface area is 283 Å². The lowest BCUT2D eigenvalue weighted by Gasteiger charge is -2.19. The fraction of sp³-hybridized carbons (Fsp3) is 0.0741. The first-order valence-corrected chi connectivity index (χ1v) is 18.1. The molecule has 1 aromatic heterocycles. The second-order valence-corrected chi connectivity index (χ2v) is 14.9. The molecular formula is C27H25ClN8O10S3. The van der Waals surface area contributed by atoms with Gasteiger partial charge >= 0.3 is 0 Å². The topological polar surface area (TPSA) is 296 Å². The van der Waals surface area contributed by atoms with Gasteiger partial charge in [-0.05, 0) is 90.5 Å². The van der Waals surface area contributed by atoms with Crippen molar-refractivity contribution < 1.29 is 44.0 Å². The van der Waals surface area contributed by atoms with E-state index in [0.717, 1.165) is 23.8 Å². The number of fused-ring (bicyclic) bond motifs is 1. The van der Waals surface area contributed by atoms with Gasteiger partial charge in [0.15, 0.2) is 0 Å². The van der Waals surface area contributed by atoms with Crippen molar-refractivity contribution in [2.75, 3.05) is 27.2 Å². The molecule has 5 rings (SSSR count). The van der Waals surface area contributed by atoms with Crippen LogP contribution in [0.3, 0.4) is 0 Å². The minimum atomic E-state index is -5.04. The van der Waals surface area contributed by atoms with Gasteiger partial charge in [-0.1, -0.05) is 6.07 Å². The van der Waals surface area contributed by atoms with Crippen molar-refractivity contribution in [3.05, 3.63) is 71.0 Å². The Morgan fingerprint density at radius 3 is 1.96 bits per heavy atom. The van der Waals surface area contributed by atoms with E-state index in [9.17, 15) is 44.0 Å². The summed E-state index contributed by atoms with van der Waals surface area (Å²) in [6.45, 7) is 3.56. The molecule has 0 atom stereocenters. The highest BCUT2D eigenvalue weighted by molar-refractivity contribution is 7.87. The van der Waals surface area contributed by atoms with Crippen molar-refractivity contribution in [3.8, 4) is 5.75 Å². The second kappa shape index (κ2) is 12.8. The predicted molar refractivity (Wildman–Crippen MR) is 180 cm³/mol. The van der Waals surface area contributed by atoms with Gasteiger partial charge in [0.25, 0.3) is 30.4 Å². The molecule has 0 saturated carbocycles. The van der Waals surface area contributed by atoms with Crippen LogP contribution in [0.4, 0.5) is 40.3 Å². The fourth-order valence-electron chi connectivity index (χ4n) is 4.69. The number of aromatic hydroxyl groups is 1. The molecule has 22 heteroatoms. The molecule has 0 unspecified atom stereocenters. The number of aryl methyl sites for hydroxylation is 2. The zero-order valence-corrected chi connectivity index (χ0v) is 28.2. The zero-order valence-electron chi connectivity index (χ0n) is 25.0. The van der Waals surface area contributed by atoms with Crippen LogP contribution in [0.15, 0.2) is 69.3 Å². The number of aromatic nitrogens is 3. The highest BCUT2D eigenvalue weighted by Crippen LogP contribution is 2.39. The number of nitrogen functional groups attached to an aromatic ring is 1. The third kappa shape index (κ3) is 7.83. The Bertz CT molecular complexity index is 2500. The molecule has 1 heterocycles. The lowest BCUT2D eigenvalue weighted by atomic mass is 10.0. The number of phenols is 1. The molecule has 0 fully saturated rings. The Morgan fingerprint density at radius 2 is 1.33 bits per heavy atom. The van der Waals surface area contributed by atoms with Crippen LogP contribution >= 0.6 is 11.6 Å². The van der Waals surface area contributed by atoms with Crippen LogP contribution in [-0.2, 0) is 30.4 Å². The molecule has 0 spiro atoms. The molecule has 0 aliphatic carbocycles. The molecule has 258 valence electrons. The first-order valence-electron chi connectivity index (χ1n) is 13.4. The molecule has 0 amide bonds. The summed E-state index contributed by atoms with van der Waals surface area (Å²) in [6.07, 6.45) is 0. The van der Waals surface area contributed by atoms with Crippen molar-refractivity contribution in [1.82, 2.24) is 15.0 Å². The summed E-state index contributed by atoms with van der Waals surface area (Å²) in [5.74, 6) is -0.795. The zero-order chi connectivity index (χ0) is 36.1. The van der Waals surface area contributed by atoms with Crippen LogP contribution in [-0.4, -0.2) is 59.0 Å². The van der Waals surface area contributed by atoms with Crippen molar-refractivity contribution in [3.63, 3.8) is 0 Å². The first-order chi connectivity index (χ1) is 22.7. The number of hydrazine groups is 1. The normalized spacial score (nSPS) is 12.1. The largest absolute Gasteiger partial charge is 0.507 e. The van der Waals surface area contributed by atoms with E-state index in [0.29, 0.717) is 22.4 Å². The van der Waals surface area contributed by atoms with E-state index in [1.54, 1.807) is 19.9 Å². The van der Waals surface area contributed by atoms with Gasteiger partial charge in [0.1, 0.15) is 15.5 Å². The van der Waals surface area contributed by atoms with E-state index in [1.165, 1.54) is 18.2 Å². The van der Waals surface area contributed by atoms with Crippen LogP contribution in [0.1, 0.15) is 11.1 Å². The summed E-state index contributed by atoms with van der Waals surface area (Å²) in [4.78, 5) is 9.30. The minimum Gasteiger partial charge on any atom is -0.507 e. The molecule has 0 aliphatic rings. The van der Waals surface area contributed by atoms with Crippen LogP contribution in [0.5, 0.6) is 5.75 Å². The Hall–Kier alpha value is -5.03. The summed E-state index contributed by atoms with van der Waals surface area (Å²) >= 11 is 6.01. The number of nitrogens with two attached hydrogens (primary N) is 1. The Kier molecular flexibility index (Phi) is 9.20. The second-order valence-electron chi connectivity index (χ2n) is 10.4. The number of anilines is 7. The van der Waals surface area contributed by atoms with Gasteiger partial charge in [-0.25, -0.2) is 0 Å². The van der Waals surface area contributed by atoms with Gasteiger partial charge in [0.2, 0.25) is 17.2 Å². The van der Waals surface area contributed by atoms with Gasteiger partial charge in [-0.2, -0.15) is 40.2 Å². The van der Waals surface area contributed by atoms with E-state index >= 15 is 0 Å². The van der Waals surface area contributed by atoms with Gasteiger partial charge in [-0.3, -0.25) is 24.5 Å². The summed E-state index contributed by atoms with van der Waals surface area (Å²) in [5, 5.41) is 16.3. The lowest BCUT2D eigenvalue weighted by molar-refractivity contribution is 0.479. The van der Waals surface area contributed by atoms with E-state index in [4.69, 9.17) is 17.3 Å². The Morgan fingerprint density at radius 1 is 0.714 bits per heavy atom. The average Bonchev–Trinajstić information content (AvgIpc) is 2.96. The van der Waals surface area contributed by atoms with Gasteiger partial charge in [0.05, 0.1) is 33.0 Å². The number of phenolic OH excluding ortho intramolecular Hbond substituents is 1. The van der Waals surface area contributed by atoms with Gasteiger partial charge in [0, 0.05) is 5.69 Å². The monoisotopic (exact) mass is 752 g/mol. The van der Waals surface area contributed by atoms with E-state index < -0.39 is 62.0 Å². The average molecular weight is 753 g/mol. The van der Waals surface area contributed by atoms with Crippen LogP contribution in [0, 0.1) is 13.8 Å². The van der Waals surface area contributed by atoms with Crippen molar-refractivity contribution in [1.29, 1.82) is 0 Å². The van der Waals surface area contributed by atoms with Crippen molar-refractivity contribution in [2.24, 2.45) is 0 Å². The number of rotatable bonds is 10. The highest BCUT2D eigenvalue weighted by atomic mass is 35.5. The maximum atomic E-state index is 12.4. The van der Waals surface area contributed by atoms with Crippen LogP contribution in [0.25, 0.3) is 10.8 Å².